The highest BCUT2D eigenvalue weighted by atomic mass is 35.5. The van der Waals surface area contributed by atoms with E-state index >= 15 is 0 Å². The molecule has 0 saturated carbocycles. The lowest BCUT2D eigenvalue weighted by atomic mass is 9.99. The highest BCUT2D eigenvalue weighted by Crippen LogP contribution is 2.37. The van der Waals surface area contributed by atoms with E-state index in [0.717, 1.165) is 12.1 Å². The maximum absolute atomic E-state index is 14.4. The molecule has 0 bridgehead atoms. The molecule has 0 aliphatic carbocycles. The van der Waals surface area contributed by atoms with Crippen LogP contribution < -0.4 is 10.6 Å². The van der Waals surface area contributed by atoms with Crippen LogP contribution in [-0.2, 0) is 38.6 Å². The van der Waals surface area contributed by atoms with Crippen LogP contribution in [0, 0.1) is 0 Å². The van der Waals surface area contributed by atoms with Gasteiger partial charge in [0.15, 0.2) is 9.84 Å². The summed E-state index contributed by atoms with van der Waals surface area (Å²) in [6.07, 6.45) is -3.09. The van der Waals surface area contributed by atoms with Gasteiger partial charge in [0.25, 0.3) is 5.91 Å². The molecule has 10 nitrogen and oxygen atoms in total. The van der Waals surface area contributed by atoms with Gasteiger partial charge in [0.2, 0.25) is 5.91 Å². The molecule has 2 aromatic carbocycles. The predicted octanol–water partition coefficient (Wildman–Crippen LogP) is 6.22. The average Bonchev–Trinajstić information content (AvgIpc) is 3.50. The van der Waals surface area contributed by atoms with Crippen LogP contribution in [0.5, 0.6) is 0 Å². The molecular formula is C33H41Cl2F3N4O6S. The Morgan fingerprint density at radius 3 is 2.37 bits per heavy atom. The Bertz CT molecular complexity index is 1680. The number of nitrogens with one attached hydrogen (secondary N) is 2. The Balaban J connectivity index is 1.46. The molecule has 16 heteroatoms. The molecule has 2 N–H and O–H groups in total. The minimum atomic E-state index is -4.85. The first-order valence-corrected chi connectivity index (χ1v) is 18.4. The number of sulfone groups is 1. The van der Waals surface area contributed by atoms with Gasteiger partial charge in [-0.1, -0.05) is 30.1 Å². The van der Waals surface area contributed by atoms with Crippen molar-refractivity contribution in [1.29, 1.82) is 0 Å². The highest BCUT2D eigenvalue weighted by molar-refractivity contribution is 7.91. The molecule has 2 aromatic rings. The lowest BCUT2D eigenvalue weighted by Gasteiger charge is -2.35. The summed E-state index contributed by atoms with van der Waals surface area (Å²) in [6.45, 7) is 7.31. The predicted molar refractivity (Wildman–Crippen MR) is 179 cm³/mol. The van der Waals surface area contributed by atoms with Crippen molar-refractivity contribution in [2.45, 2.75) is 95.2 Å². The smallest absolute Gasteiger partial charge is 0.416 e. The lowest BCUT2D eigenvalue weighted by Crippen LogP contribution is -2.53. The van der Waals surface area contributed by atoms with Gasteiger partial charge in [0.05, 0.1) is 16.2 Å². The van der Waals surface area contributed by atoms with Crippen molar-refractivity contribution in [3.63, 3.8) is 0 Å². The zero-order valence-corrected chi connectivity index (χ0v) is 30.1. The zero-order chi connectivity index (χ0) is 36.3. The molecule has 0 radical (unpaired) electrons. The third-order valence-corrected chi connectivity index (χ3v) is 10.8. The summed E-state index contributed by atoms with van der Waals surface area (Å²) in [5.41, 5.74) is -2.16. The topological polar surface area (TPSA) is 125 Å². The highest BCUT2D eigenvalue weighted by Gasteiger charge is 2.39. The summed E-state index contributed by atoms with van der Waals surface area (Å²) in [4.78, 5) is 42.1. The van der Waals surface area contributed by atoms with E-state index in [2.05, 4.69) is 10.6 Å². The van der Waals surface area contributed by atoms with E-state index in [9.17, 15) is 36.0 Å². The molecule has 2 fully saturated rings. The normalized spacial score (nSPS) is 19.1. The number of carbonyl (C=O) groups is 3. The van der Waals surface area contributed by atoms with E-state index in [4.69, 9.17) is 27.9 Å². The van der Waals surface area contributed by atoms with Crippen LogP contribution in [0.2, 0.25) is 10.0 Å². The molecule has 49 heavy (non-hydrogen) atoms. The third kappa shape index (κ3) is 10.0. The Morgan fingerprint density at radius 2 is 1.71 bits per heavy atom. The van der Waals surface area contributed by atoms with Crippen molar-refractivity contribution in [3.05, 3.63) is 62.6 Å². The molecular weight excluding hydrogens is 708 g/mol. The first-order valence-electron chi connectivity index (χ1n) is 16.0. The number of rotatable bonds is 9. The van der Waals surface area contributed by atoms with Crippen LogP contribution in [-0.4, -0.2) is 79.2 Å². The quantitative estimate of drug-likeness (QED) is 0.312. The van der Waals surface area contributed by atoms with Crippen molar-refractivity contribution in [2.24, 2.45) is 0 Å². The first-order chi connectivity index (χ1) is 22.8. The molecule has 4 rings (SSSR count). The molecule has 2 heterocycles. The second-order valence-corrected chi connectivity index (χ2v) is 16.3. The van der Waals surface area contributed by atoms with Crippen LogP contribution >= 0.6 is 23.2 Å². The van der Waals surface area contributed by atoms with E-state index in [1.807, 2.05) is 0 Å². The minimum absolute atomic E-state index is 0.0382. The van der Waals surface area contributed by atoms with Gasteiger partial charge in [-0.2, -0.15) is 13.2 Å². The number of nitrogens with zero attached hydrogens (tertiary/aromatic N) is 2. The van der Waals surface area contributed by atoms with Gasteiger partial charge < -0.3 is 15.4 Å². The van der Waals surface area contributed by atoms with E-state index in [1.165, 1.54) is 30.0 Å². The molecule has 2 atom stereocenters. The Labute approximate surface area is 294 Å². The number of likely N-dealkylation sites (tertiary alicyclic amines) is 2. The number of hydrogen-bond acceptors (Lipinski definition) is 7. The van der Waals surface area contributed by atoms with Crippen molar-refractivity contribution in [1.82, 2.24) is 20.4 Å². The number of halogens is 5. The number of hydrogen-bond donors (Lipinski definition) is 2. The second kappa shape index (κ2) is 15.4. The molecule has 2 aliphatic rings. The number of alkyl halides is 3. The minimum Gasteiger partial charge on any atom is -0.444 e. The van der Waals surface area contributed by atoms with Crippen LogP contribution in [0.15, 0.2) is 35.2 Å². The number of piperidine rings is 1. The Hall–Kier alpha value is -3.07. The van der Waals surface area contributed by atoms with Gasteiger partial charge in [-0.15, -0.1) is 0 Å². The largest absolute Gasteiger partial charge is 0.444 e. The fraction of sp³-hybridized carbons (Fsp3) is 0.545. The van der Waals surface area contributed by atoms with Crippen molar-refractivity contribution in [2.75, 3.05) is 25.4 Å². The lowest BCUT2D eigenvalue weighted by molar-refractivity contribution is -0.138. The van der Waals surface area contributed by atoms with Crippen LogP contribution in [0.25, 0.3) is 0 Å². The number of benzene rings is 2. The van der Waals surface area contributed by atoms with Gasteiger partial charge >= 0.3 is 12.3 Å². The van der Waals surface area contributed by atoms with E-state index in [-0.39, 0.29) is 69.0 Å². The maximum Gasteiger partial charge on any atom is 0.416 e. The Kier molecular flexibility index (Phi) is 12.2. The van der Waals surface area contributed by atoms with Gasteiger partial charge in [-0.25, -0.2) is 13.2 Å². The van der Waals surface area contributed by atoms with Crippen molar-refractivity contribution in [3.8, 4) is 0 Å². The number of carbonyl (C=O) groups excluding carboxylic acids is 3. The fourth-order valence-electron chi connectivity index (χ4n) is 6.02. The third-order valence-electron chi connectivity index (χ3n) is 8.36. The molecule has 0 aromatic heterocycles. The van der Waals surface area contributed by atoms with Crippen molar-refractivity contribution >= 4 is 50.9 Å². The number of ether oxygens (including phenoxy) is 1. The summed E-state index contributed by atoms with van der Waals surface area (Å²) in [5, 5.41) is 5.42. The van der Waals surface area contributed by atoms with Crippen LogP contribution in [0.4, 0.5) is 18.0 Å². The van der Waals surface area contributed by atoms with E-state index in [0.29, 0.717) is 38.8 Å². The van der Waals surface area contributed by atoms with Gasteiger partial charge in [-0.3, -0.25) is 19.4 Å². The van der Waals surface area contributed by atoms with E-state index in [1.54, 1.807) is 25.7 Å². The molecule has 270 valence electrons. The number of amides is 3. The maximum atomic E-state index is 14.4. The van der Waals surface area contributed by atoms with Gasteiger partial charge in [0, 0.05) is 47.8 Å². The fourth-order valence-corrected chi connectivity index (χ4v) is 7.61. The molecule has 2 saturated heterocycles. The summed E-state index contributed by atoms with van der Waals surface area (Å²) in [5.74, 6) is -1.41. The summed E-state index contributed by atoms with van der Waals surface area (Å²) in [6, 6.07) is 4.91. The summed E-state index contributed by atoms with van der Waals surface area (Å²) in [7, 11) is -3.67. The summed E-state index contributed by atoms with van der Waals surface area (Å²) >= 11 is 12.5. The molecule has 3 amide bonds. The zero-order valence-electron chi connectivity index (χ0n) is 27.8. The van der Waals surface area contributed by atoms with E-state index < -0.39 is 45.2 Å². The second-order valence-electron chi connectivity index (χ2n) is 13.2. The van der Waals surface area contributed by atoms with Crippen molar-refractivity contribution < 1.29 is 40.7 Å². The van der Waals surface area contributed by atoms with Crippen LogP contribution in [0.3, 0.4) is 0 Å². The summed E-state index contributed by atoms with van der Waals surface area (Å²) < 4.78 is 73.6. The first kappa shape index (κ1) is 38.7. The molecule has 0 unspecified atom stereocenters. The molecule has 2 aliphatic heterocycles. The Morgan fingerprint density at radius 1 is 1.02 bits per heavy atom. The van der Waals surface area contributed by atoms with Gasteiger partial charge in [0.1, 0.15) is 11.6 Å². The molecule has 0 spiro atoms. The van der Waals surface area contributed by atoms with Gasteiger partial charge in [-0.05, 0) is 94.5 Å². The monoisotopic (exact) mass is 748 g/mol. The standard InChI is InChI=1S/C33H41Cl2F3N4O6S/c1-5-49(46,47)28-11-10-22(34)14-21(28)17-39-29(43)20-15-25(33(36,37)38)24(26(35)16-20)19-41-12-6-8-23(18-41)40-30(44)27-9-7-13-42(27)31(45)48-32(2,3)4/h10-11,14-16,23,27H,5-9,12-13,17-19H2,1-4H3,(H,39,43)(H,40,44)/t23-,27-/m0/s1. The SMILES string of the molecule is CCS(=O)(=O)c1ccc(Cl)cc1CNC(=O)c1cc(Cl)c(CN2CCC[C@H](NC(=O)[C@@H]3CCCN3C(=O)OC(C)(C)C)C2)c(C(F)(F)F)c1. The van der Waals surface area contributed by atoms with Crippen LogP contribution in [0.1, 0.15) is 80.4 Å². The average molecular weight is 750 g/mol.